The molecule has 27 heavy (non-hydrogen) atoms. The highest BCUT2D eigenvalue weighted by Gasteiger charge is 2.24. The molecule has 0 radical (unpaired) electrons. The standard InChI is InChI=1S/C21H30N2O3S/c1-16(2)26-19-12-8-6-10-17(19)14-22-15-18-11-7-9-13-20(18)27(24,25)23-21(3,4)5/h6-13,16,22-23H,14-15H2,1-5H3. The van der Waals surface area contributed by atoms with Crippen molar-refractivity contribution in [1.29, 1.82) is 0 Å². The first-order valence-electron chi connectivity index (χ1n) is 9.16. The van der Waals surface area contributed by atoms with Crippen molar-refractivity contribution in [3.8, 4) is 5.75 Å². The first kappa shape index (κ1) is 21.4. The largest absolute Gasteiger partial charge is 0.491 e. The quantitative estimate of drug-likeness (QED) is 0.719. The van der Waals surface area contributed by atoms with Gasteiger partial charge in [0.05, 0.1) is 11.0 Å². The van der Waals surface area contributed by atoms with Gasteiger partial charge in [0, 0.05) is 24.2 Å². The molecule has 0 saturated heterocycles. The zero-order valence-corrected chi connectivity index (χ0v) is 17.6. The normalized spacial score (nSPS) is 12.4. The van der Waals surface area contributed by atoms with Gasteiger partial charge in [0.15, 0.2) is 0 Å². The van der Waals surface area contributed by atoms with Crippen molar-refractivity contribution in [2.45, 2.75) is 64.2 Å². The Hall–Kier alpha value is -1.89. The third-order valence-electron chi connectivity index (χ3n) is 3.67. The lowest BCUT2D eigenvalue weighted by Gasteiger charge is -2.21. The van der Waals surface area contributed by atoms with E-state index in [1.54, 1.807) is 12.1 Å². The highest BCUT2D eigenvalue weighted by molar-refractivity contribution is 7.89. The lowest BCUT2D eigenvalue weighted by molar-refractivity contribution is 0.239. The maximum atomic E-state index is 12.7. The van der Waals surface area contributed by atoms with Crippen molar-refractivity contribution in [2.24, 2.45) is 0 Å². The third-order valence-corrected chi connectivity index (χ3v) is 5.53. The summed E-state index contributed by atoms with van der Waals surface area (Å²) >= 11 is 0. The summed E-state index contributed by atoms with van der Waals surface area (Å²) in [6, 6.07) is 14.9. The molecule has 0 aliphatic carbocycles. The lowest BCUT2D eigenvalue weighted by Crippen LogP contribution is -2.40. The Morgan fingerprint density at radius 2 is 1.48 bits per heavy atom. The molecule has 0 bridgehead atoms. The number of ether oxygens (including phenoxy) is 1. The molecule has 0 atom stereocenters. The highest BCUT2D eigenvalue weighted by atomic mass is 32.2. The molecule has 0 heterocycles. The van der Waals surface area contributed by atoms with Crippen LogP contribution in [0, 0.1) is 0 Å². The van der Waals surface area contributed by atoms with Crippen LogP contribution in [0.3, 0.4) is 0 Å². The van der Waals surface area contributed by atoms with Gasteiger partial charge in [-0.05, 0) is 52.3 Å². The van der Waals surface area contributed by atoms with Crippen LogP contribution in [0.25, 0.3) is 0 Å². The van der Waals surface area contributed by atoms with Gasteiger partial charge in [-0.3, -0.25) is 0 Å². The molecule has 2 rings (SSSR count). The maximum absolute atomic E-state index is 12.7. The number of rotatable bonds is 8. The Labute approximate surface area is 163 Å². The summed E-state index contributed by atoms with van der Waals surface area (Å²) in [5, 5.41) is 3.33. The molecular weight excluding hydrogens is 360 g/mol. The fourth-order valence-corrected chi connectivity index (χ4v) is 4.38. The van der Waals surface area contributed by atoms with E-state index in [9.17, 15) is 8.42 Å². The number of para-hydroxylation sites is 1. The number of nitrogens with one attached hydrogen (secondary N) is 2. The fraction of sp³-hybridized carbons (Fsp3) is 0.429. The van der Waals surface area contributed by atoms with Crippen LogP contribution in [0.15, 0.2) is 53.4 Å². The molecule has 0 aliphatic rings. The zero-order chi connectivity index (χ0) is 20.1. The molecule has 0 fully saturated rings. The minimum Gasteiger partial charge on any atom is -0.491 e. The Kier molecular flexibility index (Phi) is 7.03. The van der Waals surface area contributed by atoms with Gasteiger partial charge in [-0.1, -0.05) is 36.4 Å². The summed E-state index contributed by atoms with van der Waals surface area (Å²) in [5.41, 5.74) is 1.24. The van der Waals surface area contributed by atoms with Gasteiger partial charge in [0.2, 0.25) is 10.0 Å². The molecular formula is C21H30N2O3S. The smallest absolute Gasteiger partial charge is 0.241 e. The predicted octanol–water partition coefficient (Wildman–Crippen LogP) is 3.84. The van der Waals surface area contributed by atoms with Gasteiger partial charge in [0.1, 0.15) is 5.75 Å². The van der Waals surface area contributed by atoms with Gasteiger partial charge in [-0.2, -0.15) is 0 Å². The van der Waals surface area contributed by atoms with E-state index in [1.807, 2.05) is 71.0 Å². The van der Waals surface area contributed by atoms with Crippen molar-refractivity contribution in [3.63, 3.8) is 0 Å². The van der Waals surface area contributed by atoms with E-state index >= 15 is 0 Å². The van der Waals surface area contributed by atoms with Gasteiger partial charge in [0.25, 0.3) is 0 Å². The van der Waals surface area contributed by atoms with E-state index in [0.29, 0.717) is 18.0 Å². The summed E-state index contributed by atoms with van der Waals surface area (Å²) in [6.45, 7) is 10.5. The molecule has 0 amide bonds. The van der Waals surface area contributed by atoms with Crippen molar-refractivity contribution < 1.29 is 13.2 Å². The Bertz CT molecular complexity index is 856. The van der Waals surface area contributed by atoms with E-state index in [-0.39, 0.29) is 6.10 Å². The third kappa shape index (κ3) is 6.65. The van der Waals surface area contributed by atoms with Crippen molar-refractivity contribution >= 4 is 10.0 Å². The number of benzene rings is 2. The number of hydrogen-bond donors (Lipinski definition) is 2. The van der Waals surface area contributed by atoms with Gasteiger partial charge in [-0.25, -0.2) is 13.1 Å². The van der Waals surface area contributed by atoms with E-state index in [4.69, 9.17) is 4.74 Å². The maximum Gasteiger partial charge on any atom is 0.241 e. The number of hydrogen-bond acceptors (Lipinski definition) is 4. The average Bonchev–Trinajstić information content (AvgIpc) is 2.54. The van der Waals surface area contributed by atoms with E-state index in [0.717, 1.165) is 16.9 Å². The van der Waals surface area contributed by atoms with Gasteiger partial charge < -0.3 is 10.1 Å². The van der Waals surface area contributed by atoms with Crippen molar-refractivity contribution in [3.05, 3.63) is 59.7 Å². The highest BCUT2D eigenvalue weighted by Crippen LogP contribution is 2.21. The zero-order valence-electron chi connectivity index (χ0n) is 16.7. The Balaban J connectivity index is 2.12. The first-order valence-corrected chi connectivity index (χ1v) is 10.6. The summed E-state index contributed by atoms with van der Waals surface area (Å²) in [7, 11) is -3.58. The molecule has 5 nitrogen and oxygen atoms in total. The van der Waals surface area contributed by atoms with Gasteiger partial charge in [-0.15, -0.1) is 0 Å². The monoisotopic (exact) mass is 390 g/mol. The van der Waals surface area contributed by atoms with Crippen LogP contribution in [-0.4, -0.2) is 20.1 Å². The summed E-state index contributed by atoms with van der Waals surface area (Å²) in [4.78, 5) is 0.305. The molecule has 0 saturated carbocycles. The Morgan fingerprint density at radius 1 is 0.926 bits per heavy atom. The SMILES string of the molecule is CC(C)Oc1ccccc1CNCc1ccccc1S(=O)(=O)NC(C)(C)C. The summed E-state index contributed by atoms with van der Waals surface area (Å²) in [5.74, 6) is 0.843. The van der Waals surface area contributed by atoms with Crippen LogP contribution >= 0.6 is 0 Å². The van der Waals surface area contributed by atoms with Crippen LogP contribution in [0.2, 0.25) is 0 Å². The minimum absolute atomic E-state index is 0.0977. The molecule has 6 heteroatoms. The van der Waals surface area contributed by atoms with Crippen molar-refractivity contribution in [2.75, 3.05) is 0 Å². The van der Waals surface area contributed by atoms with Crippen LogP contribution in [0.1, 0.15) is 45.7 Å². The fourth-order valence-electron chi connectivity index (χ4n) is 2.72. The average molecular weight is 391 g/mol. The molecule has 2 aromatic rings. The van der Waals surface area contributed by atoms with E-state index in [2.05, 4.69) is 10.0 Å². The van der Waals surface area contributed by atoms with E-state index in [1.165, 1.54) is 0 Å². The molecule has 2 aromatic carbocycles. The molecule has 2 N–H and O–H groups in total. The lowest BCUT2D eigenvalue weighted by atomic mass is 10.1. The van der Waals surface area contributed by atoms with Crippen LogP contribution < -0.4 is 14.8 Å². The first-order chi connectivity index (χ1) is 12.6. The molecule has 0 spiro atoms. The topological polar surface area (TPSA) is 67.4 Å². The number of sulfonamides is 1. The second kappa shape index (κ2) is 8.87. The Morgan fingerprint density at radius 3 is 2.11 bits per heavy atom. The molecule has 0 aliphatic heterocycles. The molecule has 0 unspecified atom stereocenters. The van der Waals surface area contributed by atoms with Crippen LogP contribution in [-0.2, 0) is 23.1 Å². The van der Waals surface area contributed by atoms with Crippen LogP contribution in [0.5, 0.6) is 5.75 Å². The summed E-state index contributed by atoms with van der Waals surface area (Å²) < 4.78 is 34.0. The molecule has 0 aromatic heterocycles. The second-order valence-corrected chi connectivity index (χ2v) is 9.49. The van der Waals surface area contributed by atoms with Crippen LogP contribution in [0.4, 0.5) is 0 Å². The van der Waals surface area contributed by atoms with Crippen molar-refractivity contribution in [1.82, 2.24) is 10.0 Å². The second-order valence-electron chi connectivity index (χ2n) is 7.84. The predicted molar refractivity (Wildman–Crippen MR) is 109 cm³/mol. The molecule has 148 valence electrons. The summed E-state index contributed by atoms with van der Waals surface area (Å²) in [6.07, 6.45) is 0.0977. The minimum atomic E-state index is -3.58. The van der Waals surface area contributed by atoms with E-state index < -0.39 is 15.6 Å². The van der Waals surface area contributed by atoms with Gasteiger partial charge >= 0.3 is 0 Å².